The summed E-state index contributed by atoms with van der Waals surface area (Å²) in [6.45, 7) is 4.63. The van der Waals surface area contributed by atoms with Crippen molar-refractivity contribution >= 4 is 39.5 Å². The predicted molar refractivity (Wildman–Crippen MR) is 116 cm³/mol. The summed E-state index contributed by atoms with van der Waals surface area (Å²) in [4.78, 5) is 30.8. The number of benzene rings is 2. The quantitative estimate of drug-likeness (QED) is 0.294. The molecule has 3 aromatic rings. The number of aromatic nitrogens is 3. The van der Waals surface area contributed by atoms with E-state index in [1.165, 1.54) is 16.7 Å². The van der Waals surface area contributed by atoms with Crippen LogP contribution in [0.15, 0.2) is 70.8 Å². The molecule has 0 atom stereocenters. The fourth-order valence-electron chi connectivity index (χ4n) is 3.11. The number of thioether (sulfide) groups is 1. The summed E-state index contributed by atoms with van der Waals surface area (Å²) in [6.07, 6.45) is 1.77. The van der Waals surface area contributed by atoms with Gasteiger partial charge in [-0.25, -0.2) is 9.67 Å². The lowest BCUT2D eigenvalue weighted by atomic mass is 10.1. The van der Waals surface area contributed by atoms with E-state index in [2.05, 4.69) is 32.6 Å². The zero-order valence-electron chi connectivity index (χ0n) is 15.4. The number of fused-ring (bicyclic) bond motifs is 1. The Morgan fingerprint density at radius 1 is 1.03 bits per heavy atom. The van der Waals surface area contributed by atoms with Crippen LogP contribution in [-0.4, -0.2) is 43.8 Å². The second-order valence-corrected chi connectivity index (χ2v) is 8.33. The minimum absolute atomic E-state index is 0.244. The van der Waals surface area contributed by atoms with E-state index in [9.17, 15) is 9.59 Å². The Morgan fingerprint density at radius 2 is 1.69 bits per heavy atom. The summed E-state index contributed by atoms with van der Waals surface area (Å²) >= 11 is 4.85. The van der Waals surface area contributed by atoms with Crippen LogP contribution in [0.2, 0.25) is 0 Å². The van der Waals surface area contributed by atoms with Gasteiger partial charge in [0.2, 0.25) is 5.16 Å². The molecule has 0 radical (unpaired) electrons. The SMILES string of the molecule is C=CCn1nc(SCCN2C(=O)c3ccccc3C2=O)nc1-c1ccc(Br)cc1. The largest absolute Gasteiger partial charge is 0.273 e. The molecule has 1 aliphatic heterocycles. The Morgan fingerprint density at radius 3 is 2.31 bits per heavy atom. The second kappa shape index (κ2) is 8.34. The van der Waals surface area contributed by atoms with E-state index in [0.29, 0.717) is 35.1 Å². The summed E-state index contributed by atoms with van der Waals surface area (Å²) in [5.41, 5.74) is 1.89. The first kappa shape index (κ1) is 19.6. The number of carbonyl (C=O) groups excluding carboxylic acids is 2. The topological polar surface area (TPSA) is 68.1 Å². The number of carbonyl (C=O) groups is 2. The highest BCUT2D eigenvalue weighted by Crippen LogP contribution is 2.26. The number of rotatable bonds is 7. The average molecular weight is 469 g/mol. The molecule has 2 heterocycles. The number of halogens is 1. The highest BCUT2D eigenvalue weighted by atomic mass is 79.9. The van der Waals surface area contributed by atoms with Crippen molar-refractivity contribution in [3.63, 3.8) is 0 Å². The van der Waals surface area contributed by atoms with Gasteiger partial charge in [-0.2, -0.15) is 0 Å². The average Bonchev–Trinajstić information content (AvgIpc) is 3.23. The molecule has 8 heteroatoms. The summed E-state index contributed by atoms with van der Waals surface area (Å²) in [7, 11) is 0. The molecule has 1 aromatic heterocycles. The number of hydrogen-bond acceptors (Lipinski definition) is 5. The Labute approximate surface area is 180 Å². The molecule has 0 bridgehead atoms. The lowest BCUT2D eigenvalue weighted by molar-refractivity contribution is 0.0664. The van der Waals surface area contributed by atoms with E-state index in [-0.39, 0.29) is 11.8 Å². The fraction of sp³-hybridized carbons (Fsp3) is 0.143. The first-order valence-corrected chi connectivity index (χ1v) is 10.8. The smallest absolute Gasteiger partial charge is 0.261 e. The third-order valence-corrected chi connectivity index (χ3v) is 5.83. The normalized spacial score (nSPS) is 13.1. The van der Waals surface area contributed by atoms with Gasteiger partial charge in [0, 0.05) is 22.3 Å². The van der Waals surface area contributed by atoms with Crippen LogP contribution in [-0.2, 0) is 6.54 Å². The highest BCUT2D eigenvalue weighted by molar-refractivity contribution is 9.10. The molecule has 2 aromatic carbocycles. The van der Waals surface area contributed by atoms with Gasteiger partial charge in [0.1, 0.15) is 0 Å². The van der Waals surface area contributed by atoms with Gasteiger partial charge in [-0.05, 0) is 24.3 Å². The van der Waals surface area contributed by atoms with Crippen LogP contribution in [0.3, 0.4) is 0 Å². The lowest BCUT2D eigenvalue weighted by Crippen LogP contribution is -2.31. The zero-order chi connectivity index (χ0) is 20.4. The van der Waals surface area contributed by atoms with Gasteiger partial charge in [-0.1, -0.05) is 58.0 Å². The van der Waals surface area contributed by atoms with Crippen molar-refractivity contribution in [2.75, 3.05) is 12.3 Å². The van der Waals surface area contributed by atoms with Crippen LogP contribution < -0.4 is 0 Å². The number of allylic oxidation sites excluding steroid dienone is 1. The molecule has 4 rings (SSSR count). The van der Waals surface area contributed by atoms with E-state index in [1.54, 1.807) is 35.0 Å². The number of imide groups is 1. The molecule has 146 valence electrons. The van der Waals surface area contributed by atoms with E-state index < -0.39 is 0 Å². The van der Waals surface area contributed by atoms with Gasteiger partial charge in [-0.15, -0.1) is 11.7 Å². The Kier molecular flexibility index (Phi) is 5.64. The van der Waals surface area contributed by atoms with Crippen molar-refractivity contribution in [2.24, 2.45) is 0 Å². The molecule has 0 saturated heterocycles. The fourth-order valence-corrected chi connectivity index (χ4v) is 4.14. The second-order valence-electron chi connectivity index (χ2n) is 6.35. The Balaban J connectivity index is 1.46. The highest BCUT2D eigenvalue weighted by Gasteiger charge is 2.34. The Hall–Kier alpha value is -2.71. The summed E-state index contributed by atoms with van der Waals surface area (Å²) in [5.74, 6) is 0.781. The Bertz CT molecular complexity index is 1060. The van der Waals surface area contributed by atoms with Crippen LogP contribution >= 0.6 is 27.7 Å². The van der Waals surface area contributed by atoms with Crippen LogP contribution in [0.5, 0.6) is 0 Å². The van der Waals surface area contributed by atoms with E-state index in [4.69, 9.17) is 0 Å². The van der Waals surface area contributed by atoms with Crippen LogP contribution in [0.25, 0.3) is 11.4 Å². The monoisotopic (exact) mass is 468 g/mol. The predicted octanol–water partition coefficient (Wildman–Crippen LogP) is 4.28. The van der Waals surface area contributed by atoms with Crippen LogP contribution in [0.4, 0.5) is 0 Å². The summed E-state index contributed by atoms with van der Waals surface area (Å²) in [5, 5.41) is 5.14. The van der Waals surface area contributed by atoms with Crippen molar-refractivity contribution in [1.29, 1.82) is 0 Å². The van der Waals surface area contributed by atoms with Crippen molar-refractivity contribution in [1.82, 2.24) is 19.7 Å². The molecular formula is C21H17BrN4O2S. The van der Waals surface area contributed by atoms with Gasteiger partial charge in [0.05, 0.1) is 17.7 Å². The molecule has 0 aliphatic carbocycles. The first-order valence-electron chi connectivity index (χ1n) is 8.98. The van der Waals surface area contributed by atoms with E-state index in [1.807, 2.05) is 24.3 Å². The first-order chi connectivity index (χ1) is 14.1. The molecule has 0 unspecified atom stereocenters. The third-order valence-electron chi connectivity index (χ3n) is 4.48. The number of hydrogen-bond donors (Lipinski definition) is 0. The minimum Gasteiger partial charge on any atom is -0.273 e. The van der Waals surface area contributed by atoms with Gasteiger partial charge in [0.15, 0.2) is 5.82 Å². The van der Waals surface area contributed by atoms with Crippen molar-refractivity contribution in [2.45, 2.75) is 11.7 Å². The molecule has 0 saturated carbocycles. The molecule has 0 spiro atoms. The molecule has 0 N–H and O–H groups in total. The summed E-state index contributed by atoms with van der Waals surface area (Å²) < 4.78 is 2.78. The minimum atomic E-state index is -0.244. The van der Waals surface area contributed by atoms with Crippen molar-refractivity contribution in [3.05, 3.63) is 76.8 Å². The lowest BCUT2D eigenvalue weighted by Gasteiger charge is -2.12. The van der Waals surface area contributed by atoms with Crippen molar-refractivity contribution < 1.29 is 9.59 Å². The molecule has 6 nitrogen and oxygen atoms in total. The van der Waals surface area contributed by atoms with Gasteiger partial charge >= 0.3 is 0 Å². The number of nitrogens with zero attached hydrogens (tertiary/aromatic N) is 4. The molecule has 1 aliphatic rings. The van der Waals surface area contributed by atoms with Crippen molar-refractivity contribution in [3.8, 4) is 11.4 Å². The third kappa shape index (κ3) is 3.90. The van der Waals surface area contributed by atoms with Gasteiger partial charge in [0.25, 0.3) is 11.8 Å². The van der Waals surface area contributed by atoms with Gasteiger partial charge in [-0.3, -0.25) is 14.5 Å². The molecular weight excluding hydrogens is 452 g/mol. The van der Waals surface area contributed by atoms with Crippen LogP contribution in [0.1, 0.15) is 20.7 Å². The maximum atomic E-state index is 12.5. The van der Waals surface area contributed by atoms with E-state index in [0.717, 1.165) is 15.9 Å². The zero-order valence-corrected chi connectivity index (χ0v) is 17.8. The maximum absolute atomic E-state index is 12.5. The van der Waals surface area contributed by atoms with Crippen LogP contribution in [0, 0.1) is 0 Å². The standard InChI is InChI=1S/C21H17BrN4O2S/c1-2-11-26-18(14-7-9-15(22)10-8-14)23-21(24-26)29-13-12-25-19(27)16-5-3-4-6-17(16)20(25)28/h2-10H,1,11-13H2. The van der Waals surface area contributed by atoms with E-state index >= 15 is 0 Å². The van der Waals surface area contributed by atoms with Gasteiger partial charge < -0.3 is 0 Å². The molecule has 29 heavy (non-hydrogen) atoms. The number of amides is 2. The summed E-state index contributed by atoms with van der Waals surface area (Å²) in [6, 6.07) is 14.8. The molecule has 0 fully saturated rings. The molecule has 2 amide bonds. The maximum Gasteiger partial charge on any atom is 0.261 e.